The SMILES string of the molecule is COC(=O)c1ccccc1C(O)(Cl)CCl. The van der Waals surface area contributed by atoms with Crippen LogP contribution in [0.5, 0.6) is 0 Å². The molecule has 1 aromatic carbocycles. The summed E-state index contributed by atoms with van der Waals surface area (Å²) in [5, 5.41) is 7.99. The van der Waals surface area contributed by atoms with Crippen molar-refractivity contribution < 1.29 is 14.6 Å². The number of hydrogen-bond acceptors (Lipinski definition) is 3. The van der Waals surface area contributed by atoms with E-state index < -0.39 is 11.0 Å². The summed E-state index contributed by atoms with van der Waals surface area (Å²) >= 11 is 11.3. The van der Waals surface area contributed by atoms with Crippen molar-refractivity contribution in [3.8, 4) is 0 Å². The highest BCUT2D eigenvalue weighted by atomic mass is 35.5. The van der Waals surface area contributed by atoms with Gasteiger partial charge in [-0.2, -0.15) is 0 Å². The van der Waals surface area contributed by atoms with E-state index in [1.54, 1.807) is 12.1 Å². The summed E-state index contributed by atoms with van der Waals surface area (Å²) in [6.45, 7) is 0. The van der Waals surface area contributed by atoms with Crippen LogP contribution < -0.4 is 0 Å². The van der Waals surface area contributed by atoms with Crippen LogP contribution in [0.4, 0.5) is 0 Å². The van der Waals surface area contributed by atoms with Gasteiger partial charge in [0, 0.05) is 5.56 Å². The van der Waals surface area contributed by atoms with Crippen LogP contribution in [-0.4, -0.2) is 24.1 Å². The summed E-state index contributed by atoms with van der Waals surface area (Å²) in [5.74, 6) is -0.780. The van der Waals surface area contributed by atoms with Crippen molar-refractivity contribution in [1.82, 2.24) is 0 Å². The van der Waals surface area contributed by atoms with Crippen LogP contribution in [0.15, 0.2) is 24.3 Å². The number of halogens is 2. The van der Waals surface area contributed by atoms with Crippen LogP contribution >= 0.6 is 23.2 Å². The van der Waals surface area contributed by atoms with Gasteiger partial charge in [-0.1, -0.05) is 29.8 Å². The lowest BCUT2D eigenvalue weighted by atomic mass is 10.0. The molecule has 0 amide bonds. The first-order chi connectivity index (χ1) is 7.03. The van der Waals surface area contributed by atoms with E-state index in [2.05, 4.69) is 4.74 Å². The molecule has 0 spiro atoms. The maximum absolute atomic E-state index is 11.4. The predicted octanol–water partition coefficient (Wildman–Crippen LogP) is 2.10. The highest BCUT2D eigenvalue weighted by molar-refractivity contribution is 6.30. The van der Waals surface area contributed by atoms with Gasteiger partial charge in [0.25, 0.3) is 0 Å². The first-order valence-electron chi connectivity index (χ1n) is 4.18. The van der Waals surface area contributed by atoms with Crippen molar-refractivity contribution in [2.75, 3.05) is 13.0 Å². The number of aliphatic hydroxyl groups is 1. The van der Waals surface area contributed by atoms with Crippen LogP contribution in [0.25, 0.3) is 0 Å². The lowest BCUT2D eigenvalue weighted by Gasteiger charge is -2.20. The number of carbonyl (C=O) groups excluding carboxylic acids is 1. The molecule has 15 heavy (non-hydrogen) atoms. The topological polar surface area (TPSA) is 46.5 Å². The largest absolute Gasteiger partial charge is 0.465 e. The number of carbonyl (C=O) groups is 1. The van der Waals surface area contributed by atoms with Crippen LogP contribution in [0.3, 0.4) is 0 Å². The Balaban J connectivity index is 3.23. The van der Waals surface area contributed by atoms with Gasteiger partial charge in [-0.25, -0.2) is 4.79 Å². The second kappa shape index (κ2) is 4.84. The Bertz CT molecular complexity index is 363. The van der Waals surface area contributed by atoms with Gasteiger partial charge in [-0.3, -0.25) is 0 Å². The van der Waals surface area contributed by atoms with Crippen LogP contribution in [0.2, 0.25) is 0 Å². The number of esters is 1. The molecule has 0 aliphatic carbocycles. The Kier molecular flexibility index (Phi) is 3.97. The monoisotopic (exact) mass is 248 g/mol. The molecule has 0 aliphatic rings. The molecule has 82 valence electrons. The fourth-order valence-electron chi connectivity index (χ4n) is 1.18. The molecule has 1 rings (SSSR count). The zero-order valence-electron chi connectivity index (χ0n) is 8.04. The lowest BCUT2D eigenvalue weighted by Crippen LogP contribution is -2.23. The van der Waals surface area contributed by atoms with E-state index in [-0.39, 0.29) is 17.0 Å². The molecular weight excluding hydrogens is 239 g/mol. The van der Waals surface area contributed by atoms with Gasteiger partial charge < -0.3 is 9.84 Å². The molecule has 0 fully saturated rings. The lowest BCUT2D eigenvalue weighted by molar-refractivity contribution is 0.0590. The number of methoxy groups -OCH3 is 1. The summed E-state index contributed by atoms with van der Waals surface area (Å²) in [6, 6.07) is 6.35. The summed E-state index contributed by atoms with van der Waals surface area (Å²) in [4.78, 5) is 11.4. The number of hydrogen-bond donors (Lipinski definition) is 1. The molecule has 0 bridgehead atoms. The zero-order valence-corrected chi connectivity index (χ0v) is 9.55. The highest BCUT2D eigenvalue weighted by Crippen LogP contribution is 2.30. The molecule has 1 unspecified atom stereocenters. The third-order valence-corrected chi connectivity index (χ3v) is 2.78. The van der Waals surface area contributed by atoms with E-state index >= 15 is 0 Å². The van der Waals surface area contributed by atoms with E-state index in [1.165, 1.54) is 19.2 Å². The quantitative estimate of drug-likeness (QED) is 0.659. The summed E-state index contributed by atoms with van der Waals surface area (Å²) in [6.07, 6.45) is 0. The Morgan fingerprint density at radius 2 is 2.13 bits per heavy atom. The Morgan fingerprint density at radius 1 is 1.53 bits per heavy atom. The molecule has 1 N–H and O–H groups in total. The van der Waals surface area contributed by atoms with Gasteiger partial charge >= 0.3 is 5.97 Å². The van der Waals surface area contributed by atoms with Gasteiger partial charge in [0.15, 0.2) is 5.06 Å². The summed E-state index contributed by atoms with van der Waals surface area (Å²) in [5.41, 5.74) is 0.451. The number of benzene rings is 1. The van der Waals surface area contributed by atoms with Crippen molar-refractivity contribution in [3.05, 3.63) is 35.4 Å². The smallest absolute Gasteiger partial charge is 0.338 e. The maximum atomic E-state index is 11.4. The van der Waals surface area contributed by atoms with Crippen molar-refractivity contribution >= 4 is 29.2 Å². The Hall–Kier alpha value is -0.770. The normalized spacial score (nSPS) is 14.4. The molecular formula is C10H10Cl2O3. The molecule has 0 saturated heterocycles. The Morgan fingerprint density at radius 3 is 2.67 bits per heavy atom. The van der Waals surface area contributed by atoms with Crippen LogP contribution in [-0.2, 0) is 9.80 Å². The number of ether oxygens (including phenoxy) is 1. The van der Waals surface area contributed by atoms with E-state index in [0.29, 0.717) is 0 Å². The van der Waals surface area contributed by atoms with Gasteiger partial charge in [-0.15, -0.1) is 11.6 Å². The molecule has 5 heteroatoms. The van der Waals surface area contributed by atoms with Crippen molar-refractivity contribution in [2.45, 2.75) is 5.06 Å². The first-order valence-corrected chi connectivity index (χ1v) is 5.09. The molecule has 0 aliphatic heterocycles. The Labute approximate surface area is 97.6 Å². The molecule has 0 saturated carbocycles. The van der Waals surface area contributed by atoms with Gasteiger partial charge in [-0.05, 0) is 6.07 Å². The predicted molar refractivity (Wildman–Crippen MR) is 58.3 cm³/mol. The number of alkyl halides is 2. The van der Waals surface area contributed by atoms with Crippen LogP contribution in [0.1, 0.15) is 15.9 Å². The molecule has 3 nitrogen and oxygen atoms in total. The maximum Gasteiger partial charge on any atom is 0.338 e. The van der Waals surface area contributed by atoms with Gasteiger partial charge in [0.05, 0.1) is 18.6 Å². The third-order valence-electron chi connectivity index (χ3n) is 1.92. The second-order valence-electron chi connectivity index (χ2n) is 2.93. The molecule has 1 atom stereocenters. The summed E-state index contributed by atoms with van der Waals surface area (Å²) < 4.78 is 4.56. The minimum atomic E-state index is -1.76. The van der Waals surface area contributed by atoms with E-state index in [4.69, 9.17) is 23.2 Å². The minimum absolute atomic E-state index is 0.207. The fraction of sp³-hybridized carbons (Fsp3) is 0.300. The van der Waals surface area contributed by atoms with Crippen LogP contribution in [0, 0.1) is 0 Å². The second-order valence-corrected chi connectivity index (χ2v) is 3.82. The zero-order chi connectivity index (χ0) is 11.5. The fourth-order valence-corrected chi connectivity index (χ4v) is 1.49. The molecule has 0 heterocycles. The van der Waals surface area contributed by atoms with E-state index in [0.717, 1.165) is 0 Å². The summed E-state index contributed by atoms with van der Waals surface area (Å²) in [7, 11) is 1.26. The van der Waals surface area contributed by atoms with Crippen molar-refractivity contribution in [1.29, 1.82) is 0 Å². The third kappa shape index (κ3) is 2.62. The highest BCUT2D eigenvalue weighted by Gasteiger charge is 2.29. The molecule has 0 aromatic heterocycles. The molecule has 1 aromatic rings. The average Bonchev–Trinajstić information content (AvgIpc) is 2.28. The standard InChI is InChI=1S/C10H10Cl2O3/c1-15-9(13)7-4-2-3-5-8(7)10(12,14)6-11/h2-5,14H,6H2,1H3. The van der Waals surface area contributed by atoms with E-state index in [1.807, 2.05) is 0 Å². The number of rotatable bonds is 3. The van der Waals surface area contributed by atoms with Gasteiger partial charge in [0.2, 0.25) is 0 Å². The van der Waals surface area contributed by atoms with Crippen molar-refractivity contribution in [2.24, 2.45) is 0 Å². The van der Waals surface area contributed by atoms with Crippen molar-refractivity contribution in [3.63, 3.8) is 0 Å². The van der Waals surface area contributed by atoms with Gasteiger partial charge in [0.1, 0.15) is 0 Å². The molecule has 0 radical (unpaired) electrons. The minimum Gasteiger partial charge on any atom is -0.465 e. The first kappa shape index (κ1) is 12.3. The average molecular weight is 249 g/mol. The van der Waals surface area contributed by atoms with E-state index in [9.17, 15) is 9.90 Å².